The molecule has 0 spiro atoms. The van der Waals surface area contributed by atoms with Crippen LogP contribution >= 0.6 is 11.6 Å². The van der Waals surface area contributed by atoms with Crippen LogP contribution < -0.4 is 10.6 Å². The molecule has 3 aromatic rings. The van der Waals surface area contributed by atoms with Crippen molar-refractivity contribution in [2.75, 3.05) is 38.2 Å². The number of hydrogen-bond acceptors (Lipinski definition) is 5. The fourth-order valence-corrected chi connectivity index (χ4v) is 8.12. The molecule has 1 amide bonds. The van der Waals surface area contributed by atoms with Crippen LogP contribution in [0.15, 0.2) is 71.6 Å². The van der Waals surface area contributed by atoms with E-state index in [4.69, 9.17) is 16.3 Å². The number of ether oxygens (including phenoxy) is 1. The minimum atomic E-state index is -3.73. The van der Waals surface area contributed by atoms with Gasteiger partial charge in [-0.25, -0.2) is 17.2 Å². The summed E-state index contributed by atoms with van der Waals surface area (Å²) in [4.78, 5) is 13.7. The largest absolute Gasteiger partial charge is 0.381 e. The molecule has 2 N–H and O–H groups in total. The quantitative estimate of drug-likeness (QED) is 0.231. The molecule has 2 saturated heterocycles. The highest BCUT2D eigenvalue weighted by Gasteiger charge is 2.33. The van der Waals surface area contributed by atoms with Crippen LogP contribution in [0.3, 0.4) is 0 Å². The lowest BCUT2D eigenvalue weighted by Crippen LogP contribution is -2.53. The second-order valence-corrected chi connectivity index (χ2v) is 14.1. The molecule has 242 valence electrons. The lowest BCUT2D eigenvalue weighted by Gasteiger charge is -2.35. The number of amides is 1. The molecule has 3 aromatic carbocycles. The van der Waals surface area contributed by atoms with Gasteiger partial charge in [0, 0.05) is 56.6 Å². The smallest absolute Gasteiger partial charge is 0.243 e. The Morgan fingerprint density at radius 2 is 1.80 bits per heavy atom. The predicted octanol–water partition coefficient (Wildman–Crippen LogP) is 6.53. The third-order valence-corrected chi connectivity index (χ3v) is 11.2. The third kappa shape index (κ3) is 8.68. The van der Waals surface area contributed by atoms with E-state index in [1.807, 2.05) is 0 Å². The molecule has 2 aliphatic heterocycles. The van der Waals surface area contributed by atoms with Gasteiger partial charge in [-0.05, 0) is 92.3 Å². The van der Waals surface area contributed by atoms with Crippen molar-refractivity contribution in [2.45, 2.75) is 61.8 Å². The maximum Gasteiger partial charge on any atom is 0.243 e. The van der Waals surface area contributed by atoms with Gasteiger partial charge in [-0.2, -0.15) is 4.31 Å². The molecule has 45 heavy (non-hydrogen) atoms. The van der Waals surface area contributed by atoms with E-state index in [0.29, 0.717) is 55.2 Å². The Morgan fingerprint density at radius 3 is 2.56 bits per heavy atom. The van der Waals surface area contributed by atoms with Crippen molar-refractivity contribution in [3.05, 3.63) is 94.5 Å². The molecule has 2 unspecified atom stereocenters. The fraction of sp³-hybridized carbons (Fsp3) is 0.441. The Hall–Kier alpha value is -2.89. The van der Waals surface area contributed by atoms with Gasteiger partial charge in [0.1, 0.15) is 11.6 Å². The number of rotatable bonds is 12. The maximum atomic E-state index is 15.2. The van der Waals surface area contributed by atoms with Gasteiger partial charge in [0.2, 0.25) is 15.9 Å². The van der Waals surface area contributed by atoms with Crippen molar-refractivity contribution in [3.8, 4) is 0 Å². The van der Waals surface area contributed by atoms with Gasteiger partial charge in [0.15, 0.2) is 0 Å². The number of halogens is 3. The van der Waals surface area contributed by atoms with E-state index < -0.39 is 21.7 Å². The van der Waals surface area contributed by atoms with Crippen molar-refractivity contribution < 1.29 is 26.7 Å². The fourth-order valence-electron chi connectivity index (χ4n) is 6.32. The molecular formula is C34H40ClF2N3O4S. The number of hydrogen-bond donors (Lipinski definition) is 2. The van der Waals surface area contributed by atoms with Crippen molar-refractivity contribution in [1.82, 2.24) is 9.62 Å². The molecule has 2 atom stereocenters. The molecule has 7 nitrogen and oxygen atoms in total. The molecule has 2 fully saturated rings. The first-order chi connectivity index (χ1) is 21.7. The Balaban J connectivity index is 1.28. The van der Waals surface area contributed by atoms with E-state index >= 15 is 4.39 Å². The first-order valence-electron chi connectivity index (χ1n) is 15.6. The maximum absolute atomic E-state index is 15.2. The van der Waals surface area contributed by atoms with Crippen molar-refractivity contribution in [1.29, 1.82) is 0 Å². The molecule has 0 aromatic heterocycles. The van der Waals surface area contributed by atoms with E-state index in [2.05, 4.69) is 10.6 Å². The summed E-state index contributed by atoms with van der Waals surface area (Å²) in [5, 5.41) is 6.19. The van der Waals surface area contributed by atoms with Gasteiger partial charge in [-0.3, -0.25) is 4.79 Å². The molecule has 2 aliphatic rings. The van der Waals surface area contributed by atoms with Gasteiger partial charge in [-0.15, -0.1) is 0 Å². The minimum absolute atomic E-state index is 0.0269. The minimum Gasteiger partial charge on any atom is -0.381 e. The van der Waals surface area contributed by atoms with Crippen LogP contribution in [0.25, 0.3) is 0 Å². The van der Waals surface area contributed by atoms with Crippen LogP contribution in [0.2, 0.25) is 5.02 Å². The average molecular weight is 660 g/mol. The Labute approximate surface area is 269 Å². The van der Waals surface area contributed by atoms with Crippen molar-refractivity contribution in [3.63, 3.8) is 0 Å². The van der Waals surface area contributed by atoms with E-state index in [9.17, 15) is 17.6 Å². The van der Waals surface area contributed by atoms with Crippen molar-refractivity contribution in [2.24, 2.45) is 5.92 Å². The van der Waals surface area contributed by atoms with Crippen LogP contribution in [0, 0.1) is 17.6 Å². The number of nitrogens with zero attached hydrogens (tertiary/aromatic N) is 1. The SMILES string of the molecule is O=C(CC(CCC1CCOCC1)c1ccc(Cl)c(F)c1)Nc1cccc(F)c1CCC1CNCCN1S(=O)(=O)c1ccccc1. The standard InChI is InChI=1S/C34H40ClF2N3O4S/c35-30-14-11-25(21-32(30)37)26(10-9-24-15-19-44-20-16-24)22-34(41)39-33-8-4-7-31(36)29(33)13-12-27-23-38-17-18-40(27)45(42,43)28-5-2-1-3-6-28/h1-8,11,14,21,24,26-27,38H,9-10,12-13,15-20,22-23H2,(H,39,41). The number of carbonyl (C=O) groups excluding carboxylic acids is 1. The summed E-state index contributed by atoms with van der Waals surface area (Å²) in [5.74, 6) is -1.07. The predicted molar refractivity (Wildman–Crippen MR) is 172 cm³/mol. The van der Waals surface area contributed by atoms with Crippen LogP contribution in [0.1, 0.15) is 55.6 Å². The van der Waals surface area contributed by atoms with E-state index in [-0.39, 0.29) is 40.6 Å². The van der Waals surface area contributed by atoms with Gasteiger partial charge in [0.25, 0.3) is 0 Å². The second-order valence-electron chi connectivity index (χ2n) is 11.8. The van der Waals surface area contributed by atoms with Gasteiger partial charge in [-0.1, -0.05) is 41.9 Å². The normalized spacial score (nSPS) is 18.9. The van der Waals surface area contributed by atoms with Crippen molar-refractivity contribution >= 4 is 33.2 Å². The summed E-state index contributed by atoms with van der Waals surface area (Å²) >= 11 is 5.94. The Morgan fingerprint density at radius 1 is 1.02 bits per heavy atom. The molecule has 2 heterocycles. The molecular weight excluding hydrogens is 620 g/mol. The summed E-state index contributed by atoms with van der Waals surface area (Å²) in [7, 11) is -3.73. The Bertz CT molecular complexity index is 1550. The summed E-state index contributed by atoms with van der Waals surface area (Å²) in [6.07, 6.45) is 4.17. The number of benzene rings is 3. The van der Waals surface area contributed by atoms with Crippen LogP contribution in [0.4, 0.5) is 14.5 Å². The number of anilines is 1. The Kier molecular flexibility index (Phi) is 11.6. The molecule has 0 bridgehead atoms. The number of sulfonamides is 1. The first kappa shape index (κ1) is 33.5. The number of nitrogens with one attached hydrogen (secondary N) is 2. The summed E-state index contributed by atoms with van der Waals surface area (Å²) in [5.41, 5.74) is 1.37. The zero-order valence-electron chi connectivity index (χ0n) is 25.2. The van der Waals surface area contributed by atoms with Gasteiger partial charge in [0.05, 0.1) is 9.92 Å². The molecule has 0 saturated carbocycles. The third-order valence-electron chi connectivity index (χ3n) is 8.88. The van der Waals surface area contributed by atoms with E-state index in [1.54, 1.807) is 48.5 Å². The highest BCUT2D eigenvalue weighted by Crippen LogP contribution is 2.33. The van der Waals surface area contributed by atoms with Crippen LogP contribution in [-0.4, -0.2) is 57.5 Å². The molecule has 0 radical (unpaired) electrons. The molecule has 5 rings (SSSR count). The lowest BCUT2D eigenvalue weighted by atomic mass is 9.85. The monoisotopic (exact) mass is 659 g/mol. The number of carbonyl (C=O) groups is 1. The number of piperazine rings is 1. The summed E-state index contributed by atoms with van der Waals surface area (Å²) in [6.45, 7) is 2.72. The van der Waals surface area contributed by atoms with Gasteiger partial charge < -0.3 is 15.4 Å². The highest BCUT2D eigenvalue weighted by atomic mass is 35.5. The molecule has 0 aliphatic carbocycles. The zero-order valence-corrected chi connectivity index (χ0v) is 26.8. The first-order valence-corrected chi connectivity index (χ1v) is 17.4. The summed E-state index contributed by atoms with van der Waals surface area (Å²) < 4.78 is 63.5. The highest BCUT2D eigenvalue weighted by molar-refractivity contribution is 7.89. The van der Waals surface area contributed by atoms with Crippen LogP contribution in [0.5, 0.6) is 0 Å². The lowest BCUT2D eigenvalue weighted by molar-refractivity contribution is -0.116. The van der Waals surface area contributed by atoms with E-state index in [0.717, 1.165) is 32.5 Å². The van der Waals surface area contributed by atoms with E-state index in [1.165, 1.54) is 22.5 Å². The molecule has 11 heteroatoms. The average Bonchev–Trinajstić information content (AvgIpc) is 3.05. The zero-order chi connectivity index (χ0) is 31.8. The van der Waals surface area contributed by atoms with Crippen LogP contribution in [-0.2, 0) is 26.0 Å². The van der Waals surface area contributed by atoms with Gasteiger partial charge >= 0.3 is 0 Å². The summed E-state index contributed by atoms with van der Waals surface area (Å²) in [6, 6.07) is 17.1. The second kappa shape index (κ2) is 15.6. The topological polar surface area (TPSA) is 87.7 Å².